The van der Waals surface area contributed by atoms with Crippen molar-refractivity contribution in [2.45, 2.75) is 55.1 Å². The lowest BCUT2D eigenvalue weighted by molar-refractivity contribution is -0.324. The van der Waals surface area contributed by atoms with E-state index >= 15 is 0 Å². The number of carbonyl (C=O) groups excluding carboxylic acids is 1. The van der Waals surface area contributed by atoms with E-state index < -0.39 is 68.3 Å². The Bertz CT molecular complexity index is 370. The average molecular weight is 341 g/mol. The van der Waals surface area contributed by atoms with Crippen LogP contribution in [0.25, 0.3) is 0 Å². The first kappa shape index (κ1) is 20.3. The van der Waals surface area contributed by atoms with Crippen molar-refractivity contribution in [3.8, 4) is 0 Å². The quantitative estimate of drug-likeness (QED) is 0.195. The van der Waals surface area contributed by atoms with E-state index in [9.17, 15) is 30.3 Å². The van der Waals surface area contributed by atoms with Crippen molar-refractivity contribution in [1.29, 1.82) is 0 Å². The largest absolute Gasteiger partial charge is 0.394 e. The van der Waals surface area contributed by atoms with Crippen LogP contribution in [0.4, 0.5) is 0 Å². The van der Waals surface area contributed by atoms with Gasteiger partial charge in [0.2, 0.25) is 0 Å². The van der Waals surface area contributed by atoms with Gasteiger partial charge in [-0.1, -0.05) is 0 Å². The van der Waals surface area contributed by atoms with Crippen molar-refractivity contribution in [3.05, 3.63) is 0 Å². The lowest BCUT2D eigenvalue weighted by Gasteiger charge is -2.42. The van der Waals surface area contributed by atoms with Gasteiger partial charge < -0.3 is 55.7 Å². The van der Waals surface area contributed by atoms with Gasteiger partial charge in [0.1, 0.15) is 49.0 Å². The first-order valence-corrected chi connectivity index (χ1v) is 6.92. The standard InChI is InChI=1S/C12H23NO10/c13-4(1-14)7(18)11(5(17)2-15)23-12-10(21)9(20)8(19)6(3-16)22-12/h1,4-12,15-21H,2-3,13H2. The molecule has 1 aliphatic rings. The molecule has 1 aliphatic heterocycles. The molecular weight excluding hydrogens is 318 g/mol. The second-order valence-corrected chi connectivity index (χ2v) is 5.25. The summed E-state index contributed by atoms with van der Waals surface area (Å²) in [5.41, 5.74) is 5.33. The van der Waals surface area contributed by atoms with Gasteiger partial charge >= 0.3 is 0 Å². The SMILES string of the molecule is NC(C=O)C(O)C(OC1OC(CO)C(O)C(O)C1O)C(O)CO. The third-order valence-corrected chi connectivity index (χ3v) is 3.59. The maximum atomic E-state index is 10.6. The topological polar surface area (TPSA) is 203 Å². The van der Waals surface area contributed by atoms with E-state index in [1.807, 2.05) is 0 Å². The molecule has 0 aromatic rings. The van der Waals surface area contributed by atoms with Gasteiger partial charge in [0.05, 0.1) is 19.3 Å². The van der Waals surface area contributed by atoms with Gasteiger partial charge in [-0.2, -0.15) is 0 Å². The predicted molar refractivity (Wildman–Crippen MR) is 71.8 cm³/mol. The monoisotopic (exact) mass is 341 g/mol. The number of hydrogen-bond donors (Lipinski definition) is 8. The van der Waals surface area contributed by atoms with Crippen molar-refractivity contribution < 1.29 is 50.0 Å². The van der Waals surface area contributed by atoms with Crippen LogP contribution in [0.3, 0.4) is 0 Å². The fourth-order valence-electron chi connectivity index (χ4n) is 2.14. The van der Waals surface area contributed by atoms with Crippen LogP contribution >= 0.6 is 0 Å². The molecule has 0 amide bonds. The number of rotatable bonds is 8. The number of hydrogen-bond acceptors (Lipinski definition) is 11. The highest BCUT2D eigenvalue weighted by Gasteiger charge is 2.46. The Morgan fingerprint density at radius 1 is 1.13 bits per heavy atom. The Kier molecular flexibility index (Phi) is 7.89. The van der Waals surface area contributed by atoms with E-state index in [0.717, 1.165) is 0 Å². The number of carbonyl (C=O) groups is 1. The summed E-state index contributed by atoms with van der Waals surface area (Å²) >= 11 is 0. The smallest absolute Gasteiger partial charge is 0.187 e. The molecule has 23 heavy (non-hydrogen) atoms. The minimum atomic E-state index is -1.78. The predicted octanol–water partition coefficient (Wildman–Crippen LogP) is -5.59. The summed E-state index contributed by atoms with van der Waals surface area (Å²) in [6.07, 6.45) is -12.9. The molecule has 11 heteroatoms. The van der Waals surface area contributed by atoms with Gasteiger partial charge in [0.25, 0.3) is 0 Å². The maximum absolute atomic E-state index is 10.6. The van der Waals surface area contributed by atoms with E-state index in [2.05, 4.69) is 0 Å². The van der Waals surface area contributed by atoms with E-state index in [1.165, 1.54) is 0 Å². The van der Waals surface area contributed by atoms with Crippen LogP contribution in [0.5, 0.6) is 0 Å². The first-order chi connectivity index (χ1) is 10.8. The molecule has 1 heterocycles. The minimum absolute atomic E-state index is 0.193. The minimum Gasteiger partial charge on any atom is -0.394 e. The van der Waals surface area contributed by atoms with Gasteiger partial charge in [-0.25, -0.2) is 0 Å². The molecular formula is C12H23NO10. The number of ether oxygens (including phenoxy) is 2. The number of aliphatic hydroxyl groups excluding tert-OH is 7. The van der Waals surface area contributed by atoms with E-state index in [0.29, 0.717) is 0 Å². The van der Waals surface area contributed by atoms with Gasteiger partial charge in [-0.3, -0.25) is 0 Å². The molecule has 1 fully saturated rings. The second kappa shape index (κ2) is 8.94. The lowest BCUT2D eigenvalue weighted by Crippen LogP contribution is -2.62. The summed E-state index contributed by atoms with van der Waals surface area (Å²) in [4.78, 5) is 10.6. The summed E-state index contributed by atoms with van der Waals surface area (Å²) in [5, 5.41) is 66.8. The third kappa shape index (κ3) is 4.64. The van der Waals surface area contributed by atoms with Crippen LogP contribution in [0.15, 0.2) is 0 Å². The van der Waals surface area contributed by atoms with Gasteiger partial charge in [-0.05, 0) is 0 Å². The van der Waals surface area contributed by atoms with E-state index in [1.54, 1.807) is 0 Å². The fourth-order valence-corrected chi connectivity index (χ4v) is 2.14. The average Bonchev–Trinajstić information content (AvgIpc) is 2.57. The molecule has 0 spiro atoms. The molecule has 0 aliphatic carbocycles. The van der Waals surface area contributed by atoms with Crippen LogP contribution in [-0.2, 0) is 14.3 Å². The second-order valence-electron chi connectivity index (χ2n) is 5.25. The van der Waals surface area contributed by atoms with Crippen LogP contribution in [0.1, 0.15) is 0 Å². The highest BCUT2D eigenvalue weighted by Crippen LogP contribution is 2.24. The zero-order valence-electron chi connectivity index (χ0n) is 12.1. The molecule has 0 aromatic heterocycles. The van der Waals surface area contributed by atoms with E-state index in [4.69, 9.17) is 25.4 Å². The Hall–Kier alpha value is -0.730. The lowest BCUT2D eigenvalue weighted by atomic mass is 9.98. The first-order valence-electron chi connectivity index (χ1n) is 6.92. The van der Waals surface area contributed by atoms with Crippen molar-refractivity contribution in [1.82, 2.24) is 0 Å². The van der Waals surface area contributed by atoms with Gasteiger partial charge in [0.15, 0.2) is 6.29 Å². The summed E-state index contributed by atoms with van der Waals surface area (Å²) < 4.78 is 10.2. The molecule has 1 rings (SSSR count). The summed E-state index contributed by atoms with van der Waals surface area (Å²) in [7, 11) is 0. The summed E-state index contributed by atoms with van der Waals surface area (Å²) in [6.45, 7) is -1.56. The third-order valence-electron chi connectivity index (χ3n) is 3.59. The highest BCUT2D eigenvalue weighted by molar-refractivity contribution is 5.58. The van der Waals surface area contributed by atoms with Gasteiger partial charge in [0, 0.05) is 0 Å². The maximum Gasteiger partial charge on any atom is 0.187 e. The van der Waals surface area contributed by atoms with Crippen molar-refractivity contribution >= 4 is 6.29 Å². The van der Waals surface area contributed by atoms with Gasteiger partial charge in [-0.15, -0.1) is 0 Å². The van der Waals surface area contributed by atoms with Crippen LogP contribution in [-0.4, -0.2) is 110 Å². The van der Waals surface area contributed by atoms with E-state index in [-0.39, 0.29) is 6.29 Å². The summed E-state index contributed by atoms with van der Waals surface area (Å²) in [5.74, 6) is 0. The fraction of sp³-hybridized carbons (Fsp3) is 0.917. The number of nitrogens with two attached hydrogens (primary N) is 1. The molecule has 136 valence electrons. The molecule has 1 saturated heterocycles. The number of aliphatic hydroxyl groups is 7. The molecule has 0 radical (unpaired) electrons. The molecule has 0 saturated carbocycles. The Labute approximate surface area is 131 Å². The van der Waals surface area contributed by atoms with Crippen LogP contribution in [0.2, 0.25) is 0 Å². The molecule has 9 unspecified atom stereocenters. The Morgan fingerprint density at radius 3 is 2.22 bits per heavy atom. The van der Waals surface area contributed by atoms with Crippen molar-refractivity contribution in [3.63, 3.8) is 0 Å². The molecule has 0 aromatic carbocycles. The van der Waals surface area contributed by atoms with Crippen LogP contribution in [0, 0.1) is 0 Å². The highest BCUT2D eigenvalue weighted by atomic mass is 16.7. The summed E-state index contributed by atoms with van der Waals surface area (Å²) in [6, 6.07) is -1.45. The zero-order chi connectivity index (χ0) is 17.7. The molecule has 9 N–H and O–H groups in total. The Balaban J connectivity index is 2.91. The molecule has 11 nitrogen and oxygen atoms in total. The van der Waals surface area contributed by atoms with Crippen molar-refractivity contribution in [2.24, 2.45) is 5.73 Å². The molecule has 0 bridgehead atoms. The number of aldehydes is 1. The molecule has 9 atom stereocenters. The normalized spacial score (nSPS) is 37.0. The van der Waals surface area contributed by atoms with Crippen LogP contribution < -0.4 is 5.73 Å². The Morgan fingerprint density at radius 2 is 1.74 bits per heavy atom. The zero-order valence-corrected chi connectivity index (χ0v) is 12.1. The van der Waals surface area contributed by atoms with Crippen molar-refractivity contribution in [2.75, 3.05) is 13.2 Å².